The molecule has 0 spiro atoms. The number of hydrogen-bond donors (Lipinski definition) is 1. The first-order valence-electron chi connectivity index (χ1n) is 11.2. The number of rotatable bonds is 8. The largest absolute Gasteiger partial charge is 0.456 e. The molecule has 0 bridgehead atoms. The number of benzene rings is 2. The fourth-order valence-electron chi connectivity index (χ4n) is 4.32. The highest BCUT2D eigenvalue weighted by Gasteiger charge is 2.38. The Kier molecular flexibility index (Phi) is 7.60. The molecule has 2 aliphatic rings. The van der Waals surface area contributed by atoms with Gasteiger partial charge in [-0.3, -0.25) is 9.59 Å². The molecule has 10 heteroatoms. The summed E-state index contributed by atoms with van der Waals surface area (Å²) in [5.41, 5.74) is 1.65. The zero-order chi connectivity index (χ0) is 24.1. The van der Waals surface area contributed by atoms with Crippen LogP contribution in [0.4, 0.5) is 4.39 Å². The second-order valence-corrected chi connectivity index (χ2v) is 10.2. The average Bonchev–Trinajstić information content (AvgIpc) is 3.35. The van der Waals surface area contributed by atoms with Crippen LogP contribution >= 0.6 is 0 Å². The highest BCUT2D eigenvalue weighted by atomic mass is 32.2. The summed E-state index contributed by atoms with van der Waals surface area (Å²) in [5.74, 6) is -1.67. The highest BCUT2D eigenvalue weighted by molar-refractivity contribution is 7.89. The summed E-state index contributed by atoms with van der Waals surface area (Å²) in [7, 11) is -4.00. The molecule has 4 rings (SSSR count). The van der Waals surface area contributed by atoms with Gasteiger partial charge in [0.05, 0.1) is 23.5 Å². The maximum Gasteiger partial charge on any atom is 0.308 e. The van der Waals surface area contributed by atoms with Crippen molar-refractivity contribution in [3.8, 4) is 0 Å². The number of sulfonamides is 1. The van der Waals surface area contributed by atoms with Gasteiger partial charge in [-0.05, 0) is 54.7 Å². The fraction of sp³-hybridized carbons (Fsp3) is 0.417. The molecule has 2 aromatic rings. The van der Waals surface area contributed by atoms with Crippen LogP contribution in [0.1, 0.15) is 36.4 Å². The van der Waals surface area contributed by atoms with E-state index in [0.717, 1.165) is 30.5 Å². The summed E-state index contributed by atoms with van der Waals surface area (Å²) in [4.78, 5) is 24.6. The molecule has 2 aliphatic heterocycles. The number of nitrogens with zero attached hydrogens (tertiary/aromatic N) is 1. The first kappa shape index (κ1) is 24.3. The maximum absolute atomic E-state index is 13.4. The van der Waals surface area contributed by atoms with Gasteiger partial charge in [0.2, 0.25) is 10.0 Å². The van der Waals surface area contributed by atoms with E-state index >= 15 is 0 Å². The van der Waals surface area contributed by atoms with Gasteiger partial charge in [0.25, 0.3) is 5.91 Å². The molecule has 1 fully saturated rings. The fourth-order valence-corrected chi connectivity index (χ4v) is 5.92. The molecule has 2 atom stereocenters. The summed E-state index contributed by atoms with van der Waals surface area (Å²) in [6.45, 7) is 0.743. The average molecular weight is 491 g/mol. The molecule has 1 N–H and O–H groups in total. The van der Waals surface area contributed by atoms with Crippen LogP contribution in [0.3, 0.4) is 0 Å². The Bertz CT molecular complexity index is 1130. The van der Waals surface area contributed by atoms with Crippen molar-refractivity contribution in [1.82, 2.24) is 9.62 Å². The lowest BCUT2D eigenvalue weighted by Gasteiger charge is -2.36. The number of esters is 1. The van der Waals surface area contributed by atoms with E-state index in [1.807, 2.05) is 12.1 Å². The zero-order valence-corrected chi connectivity index (χ0v) is 19.4. The Morgan fingerprint density at radius 1 is 1.15 bits per heavy atom. The lowest BCUT2D eigenvalue weighted by molar-refractivity contribution is -0.149. The molecule has 2 unspecified atom stereocenters. The van der Waals surface area contributed by atoms with E-state index in [4.69, 9.17) is 9.47 Å². The normalized spacial score (nSPS) is 20.5. The SMILES string of the molecule is O=C(COC(=O)CC1c2ccccc2CCN1S(=O)(=O)c1ccc(F)cc1)NCC1CCCO1. The van der Waals surface area contributed by atoms with Gasteiger partial charge in [0.15, 0.2) is 6.61 Å². The second kappa shape index (κ2) is 10.6. The Labute approximate surface area is 198 Å². The Hall–Kier alpha value is -2.82. The highest BCUT2D eigenvalue weighted by Crippen LogP contribution is 2.36. The number of carbonyl (C=O) groups excluding carboxylic acids is 2. The number of nitrogens with one attached hydrogen (secondary N) is 1. The van der Waals surface area contributed by atoms with Crippen molar-refractivity contribution >= 4 is 21.9 Å². The van der Waals surface area contributed by atoms with Crippen LogP contribution in [0, 0.1) is 5.82 Å². The minimum atomic E-state index is -4.00. The van der Waals surface area contributed by atoms with Gasteiger partial charge in [-0.15, -0.1) is 0 Å². The van der Waals surface area contributed by atoms with Crippen molar-refractivity contribution in [2.45, 2.75) is 42.7 Å². The second-order valence-electron chi connectivity index (χ2n) is 8.34. The number of carbonyl (C=O) groups is 2. The summed E-state index contributed by atoms with van der Waals surface area (Å²) in [6.07, 6.45) is 2.03. The summed E-state index contributed by atoms with van der Waals surface area (Å²) < 4.78 is 51.9. The quantitative estimate of drug-likeness (QED) is 0.570. The van der Waals surface area contributed by atoms with Crippen molar-refractivity contribution in [1.29, 1.82) is 0 Å². The van der Waals surface area contributed by atoms with Crippen LogP contribution in [0.15, 0.2) is 53.4 Å². The molecule has 182 valence electrons. The van der Waals surface area contributed by atoms with E-state index in [9.17, 15) is 22.4 Å². The molecular weight excluding hydrogens is 463 g/mol. The number of amides is 1. The molecule has 0 aromatic heterocycles. The molecule has 8 nitrogen and oxygen atoms in total. The first-order valence-corrected chi connectivity index (χ1v) is 12.7. The smallest absolute Gasteiger partial charge is 0.308 e. The van der Waals surface area contributed by atoms with Crippen molar-refractivity contribution in [3.63, 3.8) is 0 Å². The number of hydrogen-bond acceptors (Lipinski definition) is 6. The van der Waals surface area contributed by atoms with E-state index in [0.29, 0.717) is 25.1 Å². The van der Waals surface area contributed by atoms with Crippen LogP contribution < -0.4 is 5.32 Å². The molecule has 34 heavy (non-hydrogen) atoms. The van der Waals surface area contributed by atoms with Crippen LogP contribution in [-0.2, 0) is 35.5 Å². The van der Waals surface area contributed by atoms with Gasteiger partial charge in [-0.1, -0.05) is 24.3 Å². The lowest BCUT2D eigenvalue weighted by Crippen LogP contribution is -2.41. The third kappa shape index (κ3) is 5.63. The molecule has 2 aromatic carbocycles. The number of ether oxygens (including phenoxy) is 2. The van der Waals surface area contributed by atoms with Crippen LogP contribution in [0.5, 0.6) is 0 Å². The Morgan fingerprint density at radius 2 is 1.91 bits per heavy atom. The monoisotopic (exact) mass is 490 g/mol. The topological polar surface area (TPSA) is 102 Å². The van der Waals surface area contributed by atoms with Gasteiger partial charge in [-0.25, -0.2) is 12.8 Å². The standard InChI is InChI=1S/C24H27FN2O6S/c25-18-7-9-20(10-8-18)34(30,31)27-12-11-17-4-1-2-6-21(17)22(27)14-24(29)33-16-23(28)26-15-19-5-3-13-32-19/h1-2,4,6-10,19,22H,3,5,11-16H2,(H,26,28). The van der Waals surface area contributed by atoms with E-state index in [1.54, 1.807) is 12.1 Å². The predicted octanol–water partition coefficient (Wildman–Crippen LogP) is 2.34. The molecule has 0 radical (unpaired) electrons. The van der Waals surface area contributed by atoms with Crippen LogP contribution in [0.2, 0.25) is 0 Å². The predicted molar refractivity (Wildman–Crippen MR) is 121 cm³/mol. The minimum absolute atomic E-state index is 0.0244. The summed E-state index contributed by atoms with van der Waals surface area (Å²) in [5, 5.41) is 2.68. The molecular formula is C24H27FN2O6S. The van der Waals surface area contributed by atoms with Gasteiger partial charge in [-0.2, -0.15) is 4.31 Å². The summed E-state index contributed by atoms with van der Waals surface area (Å²) >= 11 is 0. The first-order chi connectivity index (χ1) is 16.3. The van der Waals surface area contributed by atoms with E-state index < -0.39 is 40.4 Å². The van der Waals surface area contributed by atoms with Crippen molar-refractivity contribution < 1.29 is 31.9 Å². The van der Waals surface area contributed by atoms with Crippen LogP contribution in [-0.4, -0.2) is 57.0 Å². The molecule has 1 saturated heterocycles. The van der Waals surface area contributed by atoms with Crippen molar-refractivity contribution in [2.24, 2.45) is 0 Å². The van der Waals surface area contributed by atoms with Gasteiger partial charge in [0, 0.05) is 19.7 Å². The molecule has 0 aliphatic carbocycles. The Balaban J connectivity index is 1.45. The van der Waals surface area contributed by atoms with E-state index in [2.05, 4.69) is 5.32 Å². The van der Waals surface area contributed by atoms with Crippen LogP contribution in [0.25, 0.3) is 0 Å². The molecule has 0 saturated carbocycles. The van der Waals surface area contributed by atoms with Crippen molar-refractivity contribution in [2.75, 3.05) is 26.3 Å². The minimum Gasteiger partial charge on any atom is -0.456 e. The van der Waals surface area contributed by atoms with E-state index in [-0.39, 0.29) is 24.0 Å². The lowest BCUT2D eigenvalue weighted by atomic mass is 9.92. The zero-order valence-electron chi connectivity index (χ0n) is 18.6. The summed E-state index contributed by atoms with van der Waals surface area (Å²) in [6, 6.07) is 11.1. The van der Waals surface area contributed by atoms with E-state index in [1.165, 1.54) is 16.4 Å². The molecule has 1 amide bonds. The maximum atomic E-state index is 13.4. The van der Waals surface area contributed by atoms with Gasteiger partial charge < -0.3 is 14.8 Å². The van der Waals surface area contributed by atoms with Gasteiger partial charge in [0.1, 0.15) is 5.82 Å². The third-order valence-electron chi connectivity index (χ3n) is 6.06. The Morgan fingerprint density at radius 3 is 2.65 bits per heavy atom. The molecule has 2 heterocycles. The number of halogens is 1. The van der Waals surface area contributed by atoms with Gasteiger partial charge >= 0.3 is 5.97 Å². The third-order valence-corrected chi connectivity index (χ3v) is 7.98. The van der Waals surface area contributed by atoms with Crippen molar-refractivity contribution in [3.05, 3.63) is 65.5 Å². The number of fused-ring (bicyclic) bond motifs is 1.